The van der Waals surface area contributed by atoms with Crippen molar-refractivity contribution in [3.05, 3.63) is 28.2 Å². The topological polar surface area (TPSA) is 53.4 Å². The molecule has 6 heteroatoms. The summed E-state index contributed by atoms with van der Waals surface area (Å²) in [5.74, 6) is -0.127. The highest BCUT2D eigenvalue weighted by Gasteiger charge is 2.15. The molecule has 0 saturated heterocycles. The molecule has 0 bridgehead atoms. The van der Waals surface area contributed by atoms with Crippen molar-refractivity contribution in [2.75, 3.05) is 20.2 Å². The van der Waals surface area contributed by atoms with Gasteiger partial charge >= 0.3 is 0 Å². The number of aliphatic hydroxyl groups excluding tert-OH is 1. The summed E-state index contributed by atoms with van der Waals surface area (Å²) in [6, 6.07) is 3.42. The lowest BCUT2D eigenvalue weighted by atomic mass is 10.3. The minimum absolute atomic E-state index is 0.0495. The molecule has 0 radical (unpaired) electrons. The largest absolute Gasteiger partial charge is 0.395 e. The number of hydrogen-bond donors (Lipinski definition) is 1. The van der Waals surface area contributed by atoms with Crippen molar-refractivity contribution in [2.24, 2.45) is 0 Å². The average Bonchev–Trinajstić information content (AvgIpc) is 2.73. The molecule has 0 aliphatic heterocycles. The lowest BCUT2D eigenvalue weighted by molar-refractivity contribution is 0.0772. The zero-order chi connectivity index (χ0) is 12.4. The van der Waals surface area contributed by atoms with E-state index >= 15 is 0 Å². The summed E-state index contributed by atoms with van der Waals surface area (Å²) in [6.07, 6.45) is 1.61. The minimum atomic E-state index is -0.127. The van der Waals surface area contributed by atoms with Gasteiger partial charge in [0, 0.05) is 19.8 Å². The van der Waals surface area contributed by atoms with Gasteiger partial charge in [0.15, 0.2) is 0 Å². The van der Waals surface area contributed by atoms with Crippen molar-refractivity contribution in [3.63, 3.8) is 0 Å². The zero-order valence-electron chi connectivity index (χ0n) is 9.18. The van der Waals surface area contributed by atoms with Crippen LogP contribution in [0.2, 0.25) is 5.02 Å². The first-order valence-corrected chi connectivity index (χ1v) is 6.23. The number of aliphatic hydroxyl groups is 1. The van der Waals surface area contributed by atoms with Crippen molar-refractivity contribution in [2.45, 2.75) is 0 Å². The highest BCUT2D eigenvalue weighted by atomic mass is 35.5. The van der Waals surface area contributed by atoms with Crippen LogP contribution >= 0.6 is 22.9 Å². The maximum atomic E-state index is 12.0. The van der Waals surface area contributed by atoms with E-state index in [1.807, 2.05) is 0 Å². The molecule has 1 N–H and O–H groups in total. The number of hydrogen-bond acceptors (Lipinski definition) is 4. The van der Waals surface area contributed by atoms with Crippen LogP contribution in [0.5, 0.6) is 0 Å². The third-order valence-electron chi connectivity index (χ3n) is 2.36. The Labute approximate surface area is 107 Å². The number of halogens is 1. The number of nitrogens with zero attached hydrogens (tertiary/aromatic N) is 2. The highest BCUT2D eigenvalue weighted by Crippen LogP contribution is 2.30. The van der Waals surface area contributed by atoms with Gasteiger partial charge < -0.3 is 10.0 Å². The summed E-state index contributed by atoms with van der Waals surface area (Å²) in [5, 5.41) is 9.39. The van der Waals surface area contributed by atoms with E-state index in [-0.39, 0.29) is 12.5 Å². The maximum absolute atomic E-state index is 12.0. The van der Waals surface area contributed by atoms with Crippen LogP contribution in [0, 0.1) is 0 Å². The molecule has 0 aromatic carbocycles. The van der Waals surface area contributed by atoms with Gasteiger partial charge in [0.1, 0.15) is 0 Å². The Morgan fingerprint density at radius 2 is 2.41 bits per heavy atom. The standard InChI is InChI=1S/C11H11ClN2O2S/c1-14(4-5-15)11(16)9-6-8-10(17-9)7(12)2-3-13-8/h2-3,6,15H,4-5H2,1H3. The molecule has 0 aliphatic rings. The number of carbonyl (C=O) groups excluding carboxylic acids is 1. The summed E-state index contributed by atoms with van der Waals surface area (Å²) in [6.45, 7) is 0.264. The number of rotatable bonds is 3. The van der Waals surface area contributed by atoms with Gasteiger partial charge in [-0.3, -0.25) is 9.78 Å². The molecule has 0 fully saturated rings. The second-order valence-corrected chi connectivity index (χ2v) is 5.03. The molecule has 4 nitrogen and oxygen atoms in total. The van der Waals surface area contributed by atoms with E-state index in [1.54, 1.807) is 25.4 Å². The fourth-order valence-corrected chi connectivity index (χ4v) is 2.74. The molecule has 0 spiro atoms. The predicted octanol–water partition coefficient (Wildman–Crippen LogP) is 2.01. The zero-order valence-corrected chi connectivity index (χ0v) is 10.8. The molecule has 0 aliphatic carbocycles. The summed E-state index contributed by atoms with van der Waals surface area (Å²) in [4.78, 5) is 18.2. The molecule has 17 heavy (non-hydrogen) atoms. The number of thiophene rings is 1. The van der Waals surface area contributed by atoms with Crippen molar-refractivity contribution in [1.82, 2.24) is 9.88 Å². The van der Waals surface area contributed by atoms with E-state index in [0.29, 0.717) is 16.4 Å². The molecule has 90 valence electrons. The van der Waals surface area contributed by atoms with E-state index in [0.717, 1.165) is 10.2 Å². The molecule has 1 amide bonds. The van der Waals surface area contributed by atoms with Crippen LogP contribution in [-0.2, 0) is 0 Å². The minimum Gasteiger partial charge on any atom is -0.395 e. The predicted molar refractivity (Wildman–Crippen MR) is 68.7 cm³/mol. The highest BCUT2D eigenvalue weighted by molar-refractivity contribution is 7.21. The molecular formula is C11H11ClN2O2S. The van der Waals surface area contributed by atoms with Crippen LogP contribution in [-0.4, -0.2) is 41.1 Å². The third-order valence-corrected chi connectivity index (χ3v) is 3.93. The van der Waals surface area contributed by atoms with Crippen molar-refractivity contribution in [3.8, 4) is 0 Å². The van der Waals surface area contributed by atoms with E-state index < -0.39 is 0 Å². The van der Waals surface area contributed by atoms with E-state index in [9.17, 15) is 4.79 Å². The third kappa shape index (κ3) is 2.41. The summed E-state index contributed by atoms with van der Waals surface area (Å²) in [7, 11) is 1.65. The first kappa shape index (κ1) is 12.3. The summed E-state index contributed by atoms with van der Waals surface area (Å²) < 4.78 is 0.815. The lowest BCUT2D eigenvalue weighted by Crippen LogP contribution is -2.28. The van der Waals surface area contributed by atoms with Gasteiger partial charge in [0.2, 0.25) is 0 Å². The Morgan fingerprint density at radius 3 is 3.06 bits per heavy atom. The molecule has 2 rings (SSSR count). The van der Waals surface area contributed by atoms with Crippen LogP contribution in [0.1, 0.15) is 9.67 Å². The second-order valence-electron chi connectivity index (χ2n) is 3.57. The van der Waals surface area contributed by atoms with Gasteiger partial charge in [-0.2, -0.15) is 0 Å². The van der Waals surface area contributed by atoms with Gasteiger partial charge in [-0.25, -0.2) is 0 Å². The van der Waals surface area contributed by atoms with Gasteiger partial charge in [-0.15, -0.1) is 11.3 Å². The Morgan fingerprint density at radius 1 is 1.65 bits per heavy atom. The monoisotopic (exact) mass is 270 g/mol. The number of carbonyl (C=O) groups is 1. The van der Waals surface area contributed by atoms with Crippen molar-refractivity contribution in [1.29, 1.82) is 0 Å². The summed E-state index contributed by atoms with van der Waals surface area (Å²) in [5.41, 5.74) is 0.725. The average molecular weight is 271 g/mol. The van der Waals surface area contributed by atoms with Crippen LogP contribution in [0.15, 0.2) is 18.3 Å². The number of pyridine rings is 1. The van der Waals surface area contributed by atoms with Crippen LogP contribution in [0.25, 0.3) is 10.2 Å². The first-order valence-electron chi connectivity index (χ1n) is 5.04. The SMILES string of the molecule is CN(CCO)C(=O)c1cc2nccc(Cl)c2s1. The van der Waals surface area contributed by atoms with E-state index in [2.05, 4.69) is 4.98 Å². The molecule has 2 aromatic heterocycles. The normalized spacial score (nSPS) is 10.8. The molecule has 0 saturated carbocycles. The second kappa shape index (κ2) is 5.00. The molecule has 2 heterocycles. The Hall–Kier alpha value is -1.17. The number of fused-ring (bicyclic) bond motifs is 1. The van der Waals surface area contributed by atoms with Crippen LogP contribution in [0.3, 0.4) is 0 Å². The molecule has 2 aromatic rings. The van der Waals surface area contributed by atoms with Crippen LogP contribution < -0.4 is 0 Å². The van der Waals surface area contributed by atoms with Gasteiger partial charge in [0.25, 0.3) is 5.91 Å². The Kier molecular flexibility index (Phi) is 3.61. The van der Waals surface area contributed by atoms with Gasteiger partial charge in [0.05, 0.1) is 26.7 Å². The first-order chi connectivity index (χ1) is 8.13. The number of amides is 1. The number of aromatic nitrogens is 1. The Bertz CT molecular complexity index is 555. The fraction of sp³-hybridized carbons (Fsp3) is 0.273. The Balaban J connectivity index is 2.37. The molecule has 0 atom stereocenters. The van der Waals surface area contributed by atoms with Gasteiger partial charge in [-0.05, 0) is 12.1 Å². The van der Waals surface area contributed by atoms with E-state index in [1.165, 1.54) is 16.2 Å². The van der Waals surface area contributed by atoms with Crippen molar-refractivity contribution >= 4 is 39.1 Å². The quantitative estimate of drug-likeness (QED) is 0.928. The fourth-order valence-electron chi connectivity index (χ4n) is 1.45. The summed E-state index contributed by atoms with van der Waals surface area (Å²) >= 11 is 7.34. The van der Waals surface area contributed by atoms with Crippen molar-refractivity contribution < 1.29 is 9.90 Å². The molecular weight excluding hydrogens is 260 g/mol. The molecule has 0 unspecified atom stereocenters. The number of likely N-dealkylation sites (N-methyl/N-ethyl adjacent to an activating group) is 1. The smallest absolute Gasteiger partial charge is 0.263 e. The lowest BCUT2D eigenvalue weighted by Gasteiger charge is -2.13. The van der Waals surface area contributed by atoms with Crippen LogP contribution in [0.4, 0.5) is 0 Å². The van der Waals surface area contributed by atoms with E-state index in [4.69, 9.17) is 16.7 Å². The van der Waals surface area contributed by atoms with Gasteiger partial charge in [-0.1, -0.05) is 11.6 Å². The maximum Gasteiger partial charge on any atom is 0.263 e.